The molecule has 1 aliphatic heterocycles. The zero-order chi connectivity index (χ0) is 14.1. The lowest BCUT2D eigenvalue weighted by Crippen LogP contribution is -2.24. The molecule has 2 aromatic rings. The first-order chi connectivity index (χ1) is 9.69. The highest BCUT2D eigenvalue weighted by Crippen LogP contribution is 2.31. The van der Waals surface area contributed by atoms with Crippen LogP contribution in [0.2, 0.25) is 0 Å². The van der Waals surface area contributed by atoms with Crippen LogP contribution in [0.15, 0.2) is 34.7 Å². The number of amides is 1. The molecule has 0 unspecified atom stereocenters. The molecule has 0 N–H and O–H groups in total. The zero-order valence-corrected chi connectivity index (χ0v) is 11.3. The quantitative estimate of drug-likeness (QED) is 0.804. The van der Waals surface area contributed by atoms with Crippen molar-refractivity contribution in [2.45, 2.75) is 19.8 Å². The molecular weight excluding hydrogens is 254 g/mol. The molecule has 0 aliphatic carbocycles. The fraction of sp³-hybridized carbons (Fsp3) is 0.250. The van der Waals surface area contributed by atoms with Gasteiger partial charge in [0, 0.05) is 24.2 Å². The van der Waals surface area contributed by atoms with E-state index in [-0.39, 0.29) is 5.91 Å². The summed E-state index contributed by atoms with van der Waals surface area (Å²) in [5.74, 6) is 1.11. The number of anilines is 1. The van der Waals surface area contributed by atoms with Crippen molar-refractivity contribution in [2.75, 3.05) is 11.4 Å². The summed E-state index contributed by atoms with van der Waals surface area (Å²) >= 11 is 0. The number of furan rings is 1. The Morgan fingerprint density at radius 1 is 1.25 bits per heavy atom. The van der Waals surface area contributed by atoms with Gasteiger partial charge < -0.3 is 9.32 Å². The molecule has 1 aromatic carbocycles. The van der Waals surface area contributed by atoms with Crippen LogP contribution in [0.25, 0.3) is 11.3 Å². The van der Waals surface area contributed by atoms with Crippen molar-refractivity contribution in [2.24, 2.45) is 0 Å². The smallest absolute Gasteiger partial charge is 0.227 e. The van der Waals surface area contributed by atoms with Crippen LogP contribution in [0, 0.1) is 6.92 Å². The number of rotatable bonds is 3. The number of benzene rings is 1. The summed E-state index contributed by atoms with van der Waals surface area (Å²) < 4.78 is 5.43. The monoisotopic (exact) mass is 269 g/mol. The van der Waals surface area contributed by atoms with Gasteiger partial charge in [-0.15, -0.1) is 0 Å². The maximum Gasteiger partial charge on any atom is 0.227 e. The summed E-state index contributed by atoms with van der Waals surface area (Å²) in [7, 11) is 0. The van der Waals surface area contributed by atoms with Gasteiger partial charge in [0.25, 0.3) is 0 Å². The number of hydrogen-bond acceptors (Lipinski definition) is 3. The maximum absolute atomic E-state index is 11.9. The van der Waals surface area contributed by atoms with E-state index in [0.29, 0.717) is 24.2 Å². The standard InChI is InChI=1S/C16H15NO3/c1-11-4-5-12(15-7-6-13(10-18)20-15)9-14(11)17-8-2-3-16(17)19/h4-7,9-10H,2-3,8H2,1H3. The van der Waals surface area contributed by atoms with Crippen molar-refractivity contribution >= 4 is 17.9 Å². The normalized spacial score (nSPS) is 14.8. The third kappa shape index (κ3) is 2.13. The molecule has 0 bridgehead atoms. The maximum atomic E-state index is 11.9. The second-order valence-electron chi connectivity index (χ2n) is 4.97. The summed E-state index contributed by atoms with van der Waals surface area (Å²) in [6.07, 6.45) is 2.20. The molecule has 4 heteroatoms. The third-order valence-electron chi connectivity index (χ3n) is 3.60. The SMILES string of the molecule is Cc1ccc(-c2ccc(C=O)o2)cc1N1CCCC1=O. The fourth-order valence-corrected chi connectivity index (χ4v) is 2.53. The first-order valence-electron chi connectivity index (χ1n) is 6.65. The summed E-state index contributed by atoms with van der Waals surface area (Å²) in [6.45, 7) is 2.75. The minimum atomic E-state index is 0.165. The number of carbonyl (C=O) groups excluding carboxylic acids is 2. The average molecular weight is 269 g/mol. The van der Waals surface area contributed by atoms with Gasteiger partial charge in [-0.25, -0.2) is 0 Å². The highest BCUT2D eigenvalue weighted by molar-refractivity contribution is 5.96. The highest BCUT2D eigenvalue weighted by atomic mass is 16.3. The van der Waals surface area contributed by atoms with Crippen molar-refractivity contribution in [1.29, 1.82) is 0 Å². The Hall–Kier alpha value is -2.36. The van der Waals surface area contributed by atoms with Gasteiger partial charge in [0.2, 0.25) is 5.91 Å². The van der Waals surface area contributed by atoms with E-state index >= 15 is 0 Å². The molecule has 1 fully saturated rings. The molecule has 102 valence electrons. The molecule has 3 rings (SSSR count). The molecule has 1 saturated heterocycles. The molecular formula is C16H15NO3. The van der Waals surface area contributed by atoms with Crippen LogP contribution in [0.5, 0.6) is 0 Å². The van der Waals surface area contributed by atoms with Crippen molar-refractivity contribution in [1.82, 2.24) is 0 Å². The van der Waals surface area contributed by atoms with Crippen LogP contribution < -0.4 is 4.90 Å². The van der Waals surface area contributed by atoms with Gasteiger partial charge in [0.05, 0.1) is 0 Å². The third-order valence-corrected chi connectivity index (χ3v) is 3.60. The van der Waals surface area contributed by atoms with Crippen molar-refractivity contribution < 1.29 is 14.0 Å². The van der Waals surface area contributed by atoms with Gasteiger partial charge in [-0.05, 0) is 37.1 Å². The topological polar surface area (TPSA) is 50.5 Å². The molecule has 1 amide bonds. The second-order valence-corrected chi connectivity index (χ2v) is 4.97. The number of aldehydes is 1. The summed E-state index contributed by atoms with van der Waals surface area (Å²) in [5.41, 5.74) is 2.86. The van der Waals surface area contributed by atoms with Crippen LogP contribution >= 0.6 is 0 Å². The van der Waals surface area contributed by atoms with Crippen LogP contribution in [0.3, 0.4) is 0 Å². The molecule has 2 heterocycles. The van der Waals surface area contributed by atoms with Crippen molar-refractivity contribution in [3.05, 3.63) is 41.7 Å². The summed E-state index contributed by atoms with van der Waals surface area (Å²) in [4.78, 5) is 24.4. The lowest BCUT2D eigenvalue weighted by atomic mass is 10.1. The molecule has 0 saturated carbocycles. The Labute approximate surface area is 117 Å². The molecule has 1 aromatic heterocycles. The van der Waals surface area contributed by atoms with Gasteiger partial charge in [0.1, 0.15) is 5.76 Å². The Morgan fingerprint density at radius 2 is 2.10 bits per heavy atom. The molecule has 20 heavy (non-hydrogen) atoms. The van der Waals surface area contributed by atoms with Gasteiger partial charge in [-0.1, -0.05) is 12.1 Å². The fourth-order valence-electron chi connectivity index (χ4n) is 2.53. The van der Waals surface area contributed by atoms with E-state index in [1.54, 1.807) is 12.1 Å². The Bertz CT molecular complexity index is 672. The van der Waals surface area contributed by atoms with Gasteiger partial charge in [-0.2, -0.15) is 0 Å². The molecule has 4 nitrogen and oxygen atoms in total. The van der Waals surface area contributed by atoms with Gasteiger partial charge in [0.15, 0.2) is 12.0 Å². The lowest BCUT2D eigenvalue weighted by Gasteiger charge is -2.19. The Morgan fingerprint density at radius 3 is 2.75 bits per heavy atom. The van der Waals surface area contributed by atoms with Crippen molar-refractivity contribution in [3.63, 3.8) is 0 Å². The molecule has 0 radical (unpaired) electrons. The summed E-state index contributed by atoms with van der Waals surface area (Å²) in [5, 5.41) is 0. The Balaban J connectivity index is 2.01. The van der Waals surface area contributed by atoms with Gasteiger partial charge >= 0.3 is 0 Å². The van der Waals surface area contributed by atoms with E-state index in [1.165, 1.54) is 0 Å². The van der Waals surface area contributed by atoms with Crippen LogP contribution in [0.4, 0.5) is 5.69 Å². The van der Waals surface area contributed by atoms with Crippen LogP contribution in [-0.2, 0) is 4.79 Å². The first-order valence-corrected chi connectivity index (χ1v) is 6.65. The molecule has 0 atom stereocenters. The van der Waals surface area contributed by atoms with Gasteiger partial charge in [-0.3, -0.25) is 9.59 Å². The van der Waals surface area contributed by atoms with E-state index < -0.39 is 0 Å². The minimum absolute atomic E-state index is 0.165. The number of hydrogen-bond donors (Lipinski definition) is 0. The minimum Gasteiger partial charge on any atom is -0.453 e. The van der Waals surface area contributed by atoms with Crippen molar-refractivity contribution in [3.8, 4) is 11.3 Å². The van der Waals surface area contributed by atoms with Crippen LogP contribution in [-0.4, -0.2) is 18.7 Å². The first kappa shape index (κ1) is 12.7. The highest BCUT2D eigenvalue weighted by Gasteiger charge is 2.23. The van der Waals surface area contributed by atoms with E-state index in [1.807, 2.05) is 30.0 Å². The van der Waals surface area contributed by atoms with E-state index in [0.717, 1.165) is 29.8 Å². The predicted octanol–water partition coefficient (Wildman–Crippen LogP) is 3.19. The lowest BCUT2D eigenvalue weighted by molar-refractivity contribution is -0.117. The average Bonchev–Trinajstić information content (AvgIpc) is 3.08. The largest absolute Gasteiger partial charge is 0.453 e. The summed E-state index contributed by atoms with van der Waals surface area (Å²) in [6, 6.07) is 9.27. The molecule has 1 aliphatic rings. The number of aryl methyl sites for hydroxylation is 1. The zero-order valence-electron chi connectivity index (χ0n) is 11.3. The van der Waals surface area contributed by atoms with E-state index in [2.05, 4.69) is 0 Å². The Kier molecular flexibility index (Phi) is 3.14. The number of nitrogens with zero attached hydrogens (tertiary/aromatic N) is 1. The number of carbonyl (C=O) groups is 2. The van der Waals surface area contributed by atoms with E-state index in [4.69, 9.17) is 4.42 Å². The van der Waals surface area contributed by atoms with E-state index in [9.17, 15) is 9.59 Å². The molecule has 0 spiro atoms. The van der Waals surface area contributed by atoms with Crippen LogP contribution in [0.1, 0.15) is 29.0 Å². The second kappa shape index (κ2) is 4.96. The predicted molar refractivity (Wildman–Crippen MR) is 75.9 cm³/mol.